The summed E-state index contributed by atoms with van der Waals surface area (Å²) in [6, 6.07) is 0. The highest BCUT2D eigenvalue weighted by molar-refractivity contribution is 5.64. The van der Waals surface area contributed by atoms with Gasteiger partial charge in [0.1, 0.15) is 0 Å². The molecule has 0 aromatic carbocycles. The van der Waals surface area contributed by atoms with Crippen LogP contribution in [0.2, 0.25) is 0 Å². The molecule has 0 aliphatic rings. The number of rotatable bonds is 18. The summed E-state index contributed by atoms with van der Waals surface area (Å²) in [5, 5.41) is 20.1. The van der Waals surface area contributed by atoms with E-state index in [-0.39, 0.29) is 12.8 Å². The average molecular weight is 371 g/mol. The van der Waals surface area contributed by atoms with Crippen molar-refractivity contribution in [3.63, 3.8) is 0 Å². The first kappa shape index (κ1) is 27.2. The summed E-state index contributed by atoms with van der Waals surface area (Å²) < 4.78 is 0. The molecule has 0 fully saturated rings. The lowest BCUT2D eigenvalue weighted by Gasteiger charge is -2.02. The van der Waals surface area contributed by atoms with E-state index in [1.165, 1.54) is 77.0 Å². The molecule has 0 aromatic rings. The molecule has 0 N–H and O–H groups in total. The second kappa shape index (κ2) is 23.9. The molecule has 0 amide bonds. The Morgan fingerprint density at radius 1 is 0.462 bits per heavy atom. The Bertz CT molecular complexity index is 303. The number of hydrogen-bond donors (Lipinski definition) is 0. The molecule has 0 aromatic heterocycles. The van der Waals surface area contributed by atoms with Gasteiger partial charge in [0, 0.05) is 11.9 Å². The van der Waals surface area contributed by atoms with Crippen molar-refractivity contribution in [2.45, 2.75) is 129 Å². The van der Waals surface area contributed by atoms with E-state index in [2.05, 4.69) is 13.8 Å². The van der Waals surface area contributed by atoms with E-state index in [1.54, 1.807) is 0 Å². The van der Waals surface area contributed by atoms with Crippen molar-refractivity contribution in [2.24, 2.45) is 0 Å². The van der Waals surface area contributed by atoms with Crippen LogP contribution in [0, 0.1) is 0 Å². The van der Waals surface area contributed by atoms with Crippen molar-refractivity contribution >= 4 is 11.9 Å². The van der Waals surface area contributed by atoms with Crippen LogP contribution in [0.4, 0.5) is 0 Å². The Hall–Kier alpha value is -1.06. The molecule has 0 aliphatic carbocycles. The van der Waals surface area contributed by atoms with E-state index < -0.39 is 11.9 Å². The van der Waals surface area contributed by atoms with E-state index in [0.29, 0.717) is 0 Å². The smallest absolute Gasteiger partial charge is 0.0414 e. The molecule has 0 heterocycles. The summed E-state index contributed by atoms with van der Waals surface area (Å²) in [7, 11) is 0. The number of carboxylic acids is 2. The normalized spacial score (nSPS) is 10.2. The van der Waals surface area contributed by atoms with Crippen molar-refractivity contribution < 1.29 is 19.8 Å². The number of hydrogen-bond acceptors (Lipinski definition) is 4. The topological polar surface area (TPSA) is 80.3 Å². The van der Waals surface area contributed by atoms with Crippen LogP contribution in [0.25, 0.3) is 0 Å². The molecule has 0 unspecified atom stereocenters. The molecule has 0 spiro atoms. The Balaban J connectivity index is 0. The van der Waals surface area contributed by atoms with Crippen molar-refractivity contribution in [3.05, 3.63) is 0 Å². The van der Waals surface area contributed by atoms with Gasteiger partial charge in [-0.05, 0) is 25.7 Å². The molecule has 26 heavy (non-hydrogen) atoms. The van der Waals surface area contributed by atoms with Crippen LogP contribution in [0.3, 0.4) is 0 Å². The van der Waals surface area contributed by atoms with Crippen LogP contribution >= 0.6 is 0 Å². The predicted octanol–water partition coefficient (Wildman–Crippen LogP) is 4.53. The van der Waals surface area contributed by atoms with Crippen molar-refractivity contribution in [3.8, 4) is 0 Å². The van der Waals surface area contributed by atoms with Gasteiger partial charge in [0.05, 0.1) is 0 Å². The zero-order valence-corrected chi connectivity index (χ0v) is 17.4. The quantitative estimate of drug-likeness (QED) is 0.332. The van der Waals surface area contributed by atoms with Gasteiger partial charge in [0.2, 0.25) is 0 Å². The molecule has 0 atom stereocenters. The fraction of sp³-hybridized carbons (Fsp3) is 0.909. The lowest BCUT2D eigenvalue weighted by molar-refractivity contribution is -0.307. The first-order valence-electron chi connectivity index (χ1n) is 10.9. The van der Waals surface area contributed by atoms with Crippen LogP contribution in [-0.4, -0.2) is 11.9 Å². The number of unbranched alkanes of at least 4 members (excludes halogenated alkanes) is 14. The van der Waals surface area contributed by atoms with Crippen LogP contribution in [0.5, 0.6) is 0 Å². The first-order valence-corrected chi connectivity index (χ1v) is 10.9. The summed E-state index contributed by atoms with van der Waals surface area (Å²) in [4.78, 5) is 20.1. The predicted molar refractivity (Wildman–Crippen MR) is 104 cm³/mol. The monoisotopic (exact) mass is 370 g/mol. The third kappa shape index (κ3) is 30.8. The fourth-order valence-electron chi connectivity index (χ4n) is 2.81. The highest BCUT2D eigenvalue weighted by atomic mass is 16.4. The molecular weight excluding hydrogens is 328 g/mol. The second-order valence-corrected chi connectivity index (χ2v) is 7.19. The van der Waals surface area contributed by atoms with E-state index in [9.17, 15) is 19.8 Å². The SMILES string of the molecule is CCCCCCCCCC(=O)[O-].CCCCCCCCCCCC(=O)[O-]. The van der Waals surface area contributed by atoms with E-state index in [0.717, 1.165) is 25.7 Å². The lowest BCUT2D eigenvalue weighted by Crippen LogP contribution is -2.21. The molecular formula is C22H42O4-2. The first-order chi connectivity index (χ1) is 12.5. The lowest BCUT2D eigenvalue weighted by atomic mass is 10.1. The maximum absolute atomic E-state index is 10.1. The van der Waals surface area contributed by atoms with Gasteiger partial charge in [0.25, 0.3) is 0 Å². The molecule has 156 valence electrons. The second-order valence-electron chi connectivity index (χ2n) is 7.19. The molecule has 4 heteroatoms. The van der Waals surface area contributed by atoms with Gasteiger partial charge in [-0.3, -0.25) is 0 Å². The number of carboxylic acid groups (broad SMARTS) is 2. The number of carbonyl (C=O) groups is 2. The standard InChI is InChI=1S/C12H24O2.C10H20O2/c1-2-3-4-5-6-7-8-9-10-11-12(13)14;1-2-3-4-5-6-7-8-9-10(11)12/h2-11H2,1H3,(H,13,14);2-9H2,1H3,(H,11,12)/p-2. The van der Waals surface area contributed by atoms with Gasteiger partial charge < -0.3 is 19.8 Å². The summed E-state index contributed by atoms with van der Waals surface area (Å²) in [6.45, 7) is 4.41. The van der Waals surface area contributed by atoms with Gasteiger partial charge in [0.15, 0.2) is 0 Å². The largest absolute Gasteiger partial charge is 0.550 e. The van der Waals surface area contributed by atoms with Crippen LogP contribution in [0.1, 0.15) is 129 Å². The third-order valence-electron chi connectivity index (χ3n) is 4.47. The average Bonchev–Trinajstić information content (AvgIpc) is 2.59. The molecule has 0 bridgehead atoms. The Kier molecular flexibility index (Phi) is 25.0. The summed E-state index contributed by atoms with van der Waals surface area (Å²) in [6.07, 6.45) is 19.5. The number of aliphatic carboxylic acids is 2. The molecule has 0 aliphatic heterocycles. The minimum atomic E-state index is -0.913. The molecule has 0 saturated carbocycles. The van der Waals surface area contributed by atoms with Crippen molar-refractivity contribution in [1.82, 2.24) is 0 Å². The minimum Gasteiger partial charge on any atom is -0.550 e. The molecule has 4 nitrogen and oxygen atoms in total. The van der Waals surface area contributed by atoms with E-state index in [4.69, 9.17) is 0 Å². The zero-order valence-electron chi connectivity index (χ0n) is 17.4. The maximum atomic E-state index is 10.1. The zero-order chi connectivity index (χ0) is 19.9. The maximum Gasteiger partial charge on any atom is 0.0414 e. The minimum absolute atomic E-state index is 0.230. The molecule has 0 rings (SSSR count). The highest BCUT2D eigenvalue weighted by Crippen LogP contribution is 2.10. The van der Waals surface area contributed by atoms with Gasteiger partial charge in [-0.1, -0.05) is 104 Å². The van der Waals surface area contributed by atoms with Gasteiger partial charge >= 0.3 is 0 Å². The summed E-state index contributed by atoms with van der Waals surface area (Å²) >= 11 is 0. The van der Waals surface area contributed by atoms with Gasteiger partial charge in [-0.15, -0.1) is 0 Å². The van der Waals surface area contributed by atoms with E-state index >= 15 is 0 Å². The van der Waals surface area contributed by atoms with E-state index in [1.807, 2.05) is 0 Å². The number of carbonyl (C=O) groups excluding carboxylic acids is 2. The Morgan fingerprint density at radius 3 is 0.923 bits per heavy atom. The third-order valence-corrected chi connectivity index (χ3v) is 4.47. The van der Waals surface area contributed by atoms with Crippen molar-refractivity contribution in [2.75, 3.05) is 0 Å². The summed E-state index contributed by atoms with van der Waals surface area (Å²) in [5.74, 6) is -1.82. The molecule has 0 saturated heterocycles. The molecule has 0 radical (unpaired) electrons. The van der Waals surface area contributed by atoms with Gasteiger partial charge in [-0.2, -0.15) is 0 Å². The van der Waals surface area contributed by atoms with Crippen LogP contribution in [-0.2, 0) is 9.59 Å². The highest BCUT2D eigenvalue weighted by Gasteiger charge is 1.92. The Labute approximate surface area is 161 Å². The van der Waals surface area contributed by atoms with Crippen LogP contribution < -0.4 is 10.2 Å². The summed E-state index contributed by atoms with van der Waals surface area (Å²) in [5.41, 5.74) is 0. The van der Waals surface area contributed by atoms with Gasteiger partial charge in [-0.25, -0.2) is 0 Å². The van der Waals surface area contributed by atoms with Crippen molar-refractivity contribution in [1.29, 1.82) is 0 Å². The van der Waals surface area contributed by atoms with Crippen LogP contribution in [0.15, 0.2) is 0 Å². The fourth-order valence-corrected chi connectivity index (χ4v) is 2.81. The Morgan fingerprint density at radius 2 is 0.692 bits per heavy atom.